The lowest BCUT2D eigenvalue weighted by Crippen LogP contribution is -2.41. The highest BCUT2D eigenvalue weighted by Crippen LogP contribution is 2.29. The number of ether oxygens (including phenoxy) is 2. The zero-order valence-corrected chi connectivity index (χ0v) is 12.8. The van der Waals surface area contributed by atoms with E-state index in [0.717, 1.165) is 10.5 Å². The summed E-state index contributed by atoms with van der Waals surface area (Å²) in [6.07, 6.45) is 0.690. The van der Waals surface area contributed by atoms with Crippen molar-refractivity contribution < 1.29 is 24.2 Å². The van der Waals surface area contributed by atoms with Crippen molar-refractivity contribution in [2.24, 2.45) is 0 Å². The van der Waals surface area contributed by atoms with Gasteiger partial charge >= 0.3 is 11.9 Å². The summed E-state index contributed by atoms with van der Waals surface area (Å²) in [5.74, 6) is -2.39. The average Bonchev–Trinajstić information content (AvgIpc) is 2.38. The predicted molar refractivity (Wildman–Crippen MR) is 77.7 cm³/mol. The van der Waals surface area contributed by atoms with Crippen LogP contribution in [0.2, 0.25) is 0 Å². The topological polar surface area (TPSA) is 72.8 Å². The second-order valence-electron chi connectivity index (χ2n) is 4.97. The summed E-state index contributed by atoms with van der Waals surface area (Å²) < 4.78 is 10.0. The van der Waals surface area contributed by atoms with E-state index in [1.165, 1.54) is 31.0 Å². The molecule has 0 aromatic heterocycles. The third-order valence-electron chi connectivity index (χ3n) is 2.86. The number of phenolic OH excluding ortho intramolecular Hbond substituents is 1. The molecule has 2 rings (SSSR count). The summed E-state index contributed by atoms with van der Waals surface area (Å²) in [6.45, 7) is 4.93. The molecule has 0 saturated carbocycles. The van der Waals surface area contributed by atoms with E-state index in [4.69, 9.17) is 9.47 Å². The number of hydrogen-bond donors (Lipinski definition) is 1. The molecule has 1 heterocycles. The van der Waals surface area contributed by atoms with Crippen LogP contribution in [-0.2, 0) is 25.5 Å². The largest absolute Gasteiger partial charge is 0.508 e. The highest BCUT2D eigenvalue weighted by Gasteiger charge is 2.38. The molecule has 1 saturated heterocycles. The smallest absolute Gasteiger partial charge is 0.349 e. The monoisotopic (exact) mass is 308 g/mol. The standard InChI is InChI=1S/C15H16O5S/c1-4-9-7-10(5-6-12(9)16)21-8-11-13(17)19-15(2,3)20-14(11)18/h5-8,16H,4H2,1-3H3. The van der Waals surface area contributed by atoms with Gasteiger partial charge in [0, 0.05) is 18.7 Å². The first-order valence-electron chi connectivity index (χ1n) is 6.48. The molecule has 1 aliphatic heterocycles. The van der Waals surface area contributed by atoms with Crippen molar-refractivity contribution in [3.05, 3.63) is 34.7 Å². The number of cyclic esters (lactones) is 2. The van der Waals surface area contributed by atoms with Crippen molar-refractivity contribution in [3.8, 4) is 5.75 Å². The van der Waals surface area contributed by atoms with Crippen molar-refractivity contribution in [1.29, 1.82) is 0 Å². The molecule has 0 bridgehead atoms. The zero-order chi connectivity index (χ0) is 15.6. The van der Waals surface area contributed by atoms with Crippen LogP contribution in [0.25, 0.3) is 0 Å². The summed E-state index contributed by atoms with van der Waals surface area (Å²) in [6, 6.07) is 5.10. The molecule has 1 aromatic rings. The van der Waals surface area contributed by atoms with Crippen LogP contribution >= 0.6 is 11.8 Å². The Morgan fingerprint density at radius 3 is 2.43 bits per heavy atom. The number of phenols is 1. The van der Waals surface area contributed by atoms with Crippen LogP contribution in [0.1, 0.15) is 26.3 Å². The molecular formula is C15H16O5S. The molecule has 1 aromatic carbocycles. The summed E-state index contributed by atoms with van der Waals surface area (Å²) in [5, 5.41) is 11.0. The van der Waals surface area contributed by atoms with Crippen LogP contribution in [0.5, 0.6) is 5.75 Å². The lowest BCUT2D eigenvalue weighted by Gasteiger charge is -2.29. The Morgan fingerprint density at radius 2 is 1.86 bits per heavy atom. The fourth-order valence-electron chi connectivity index (χ4n) is 1.80. The SMILES string of the molecule is CCc1cc(SC=C2C(=O)OC(C)(C)OC2=O)ccc1O. The first-order valence-corrected chi connectivity index (χ1v) is 7.36. The molecule has 112 valence electrons. The summed E-state index contributed by atoms with van der Waals surface area (Å²) in [5.41, 5.74) is 0.666. The van der Waals surface area contributed by atoms with Gasteiger partial charge in [-0.3, -0.25) is 0 Å². The van der Waals surface area contributed by atoms with E-state index in [9.17, 15) is 14.7 Å². The van der Waals surface area contributed by atoms with E-state index >= 15 is 0 Å². The van der Waals surface area contributed by atoms with Gasteiger partial charge in [0.1, 0.15) is 5.75 Å². The van der Waals surface area contributed by atoms with Gasteiger partial charge in [-0.15, -0.1) is 0 Å². The Labute approximate surface area is 126 Å². The van der Waals surface area contributed by atoms with Crippen molar-refractivity contribution in [2.75, 3.05) is 0 Å². The Morgan fingerprint density at radius 1 is 1.24 bits per heavy atom. The quantitative estimate of drug-likeness (QED) is 0.400. The molecule has 0 aliphatic carbocycles. The van der Waals surface area contributed by atoms with Crippen LogP contribution < -0.4 is 0 Å². The minimum Gasteiger partial charge on any atom is -0.508 e. The maximum atomic E-state index is 11.8. The Balaban J connectivity index is 2.17. The van der Waals surface area contributed by atoms with Gasteiger partial charge in [-0.2, -0.15) is 0 Å². The molecule has 0 atom stereocenters. The van der Waals surface area contributed by atoms with E-state index in [1.54, 1.807) is 18.2 Å². The Kier molecular flexibility index (Phi) is 4.27. The number of benzene rings is 1. The lowest BCUT2D eigenvalue weighted by atomic mass is 10.1. The highest BCUT2D eigenvalue weighted by atomic mass is 32.2. The van der Waals surface area contributed by atoms with Crippen molar-refractivity contribution in [3.63, 3.8) is 0 Å². The first kappa shape index (κ1) is 15.4. The predicted octanol–water partition coefficient (Wildman–Crippen LogP) is 2.77. The molecule has 0 spiro atoms. The number of aromatic hydroxyl groups is 1. The van der Waals surface area contributed by atoms with Gasteiger partial charge in [0.2, 0.25) is 0 Å². The fraction of sp³-hybridized carbons (Fsp3) is 0.333. The number of aryl methyl sites for hydroxylation is 1. The van der Waals surface area contributed by atoms with E-state index in [2.05, 4.69) is 0 Å². The van der Waals surface area contributed by atoms with Crippen LogP contribution in [0, 0.1) is 0 Å². The normalized spacial score (nSPS) is 17.2. The molecule has 0 amide bonds. The number of esters is 2. The molecule has 6 heteroatoms. The van der Waals surface area contributed by atoms with Crippen LogP contribution in [0.3, 0.4) is 0 Å². The van der Waals surface area contributed by atoms with Gasteiger partial charge < -0.3 is 14.6 Å². The number of hydrogen-bond acceptors (Lipinski definition) is 6. The van der Waals surface area contributed by atoms with Gasteiger partial charge in [-0.1, -0.05) is 18.7 Å². The van der Waals surface area contributed by atoms with Gasteiger partial charge in [-0.05, 0) is 35.6 Å². The van der Waals surface area contributed by atoms with Gasteiger partial charge in [0.15, 0.2) is 5.57 Å². The van der Waals surface area contributed by atoms with E-state index in [1.807, 2.05) is 6.92 Å². The second kappa shape index (κ2) is 5.81. The zero-order valence-electron chi connectivity index (χ0n) is 12.0. The summed E-state index contributed by atoms with van der Waals surface area (Å²) in [4.78, 5) is 24.4. The Hall–Kier alpha value is -1.95. The molecule has 1 fully saturated rings. The molecule has 1 N–H and O–H groups in total. The maximum absolute atomic E-state index is 11.8. The minimum atomic E-state index is -1.23. The fourth-order valence-corrected chi connectivity index (χ4v) is 2.61. The number of thioether (sulfide) groups is 1. The highest BCUT2D eigenvalue weighted by molar-refractivity contribution is 8.02. The van der Waals surface area contributed by atoms with Crippen LogP contribution in [-0.4, -0.2) is 22.8 Å². The molecule has 0 unspecified atom stereocenters. The maximum Gasteiger partial charge on any atom is 0.349 e. The van der Waals surface area contributed by atoms with Crippen LogP contribution in [0.15, 0.2) is 34.1 Å². The molecule has 1 aliphatic rings. The molecular weight excluding hydrogens is 292 g/mol. The van der Waals surface area contributed by atoms with Gasteiger partial charge in [0.05, 0.1) is 0 Å². The lowest BCUT2D eigenvalue weighted by molar-refractivity contribution is -0.222. The van der Waals surface area contributed by atoms with E-state index in [-0.39, 0.29) is 11.3 Å². The number of carbonyl (C=O) groups is 2. The molecule has 0 radical (unpaired) electrons. The number of rotatable bonds is 3. The summed E-state index contributed by atoms with van der Waals surface area (Å²) in [7, 11) is 0. The van der Waals surface area contributed by atoms with Crippen LogP contribution in [0.4, 0.5) is 0 Å². The van der Waals surface area contributed by atoms with Crippen molar-refractivity contribution >= 4 is 23.7 Å². The average molecular weight is 308 g/mol. The van der Waals surface area contributed by atoms with Crippen molar-refractivity contribution in [1.82, 2.24) is 0 Å². The van der Waals surface area contributed by atoms with Gasteiger partial charge in [-0.25, -0.2) is 9.59 Å². The van der Waals surface area contributed by atoms with Crippen molar-refractivity contribution in [2.45, 2.75) is 37.9 Å². The third-order valence-corrected chi connectivity index (χ3v) is 3.74. The van der Waals surface area contributed by atoms with Gasteiger partial charge in [0.25, 0.3) is 5.79 Å². The van der Waals surface area contributed by atoms with E-state index in [0.29, 0.717) is 6.42 Å². The third kappa shape index (κ3) is 3.58. The summed E-state index contributed by atoms with van der Waals surface area (Å²) >= 11 is 1.20. The molecule has 5 nitrogen and oxygen atoms in total. The first-order chi connectivity index (χ1) is 9.82. The Bertz CT molecular complexity index is 596. The van der Waals surface area contributed by atoms with E-state index < -0.39 is 17.7 Å². The minimum absolute atomic E-state index is 0.134. The molecule has 21 heavy (non-hydrogen) atoms. The number of carbonyl (C=O) groups excluding carboxylic acids is 2. The second-order valence-corrected chi connectivity index (χ2v) is 5.92.